The number of rotatable bonds is 4. The molecule has 4 rings (SSSR count). The molecule has 0 aliphatic carbocycles. The van der Waals surface area contributed by atoms with Crippen molar-refractivity contribution in [3.63, 3.8) is 0 Å². The Morgan fingerprint density at radius 2 is 1.79 bits per heavy atom. The lowest BCUT2D eigenvalue weighted by atomic mass is 10.2. The molecule has 0 unspecified atom stereocenters. The molecule has 0 atom stereocenters. The van der Waals surface area contributed by atoms with E-state index in [1.807, 2.05) is 42.7 Å². The zero-order chi connectivity index (χ0) is 19.9. The number of sulfone groups is 1. The molecule has 28 heavy (non-hydrogen) atoms. The fourth-order valence-corrected chi connectivity index (χ4v) is 4.51. The molecule has 2 aromatic carbocycles. The normalized spacial score (nSPS) is 11.8. The van der Waals surface area contributed by atoms with Crippen LogP contribution >= 0.6 is 11.8 Å². The molecule has 9 heteroatoms. The third kappa shape index (κ3) is 3.38. The summed E-state index contributed by atoms with van der Waals surface area (Å²) in [4.78, 5) is 8.84. The molecular formula is C19H17N5O2S2. The van der Waals surface area contributed by atoms with Crippen LogP contribution in [-0.2, 0) is 9.84 Å². The summed E-state index contributed by atoms with van der Waals surface area (Å²) in [6.07, 6.45) is 2.65. The van der Waals surface area contributed by atoms with Crippen molar-refractivity contribution in [2.45, 2.75) is 28.9 Å². The lowest BCUT2D eigenvalue weighted by Crippen LogP contribution is -2.02. The highest BCUT2D eigenvalue weighted by atomic mass is 32.2. The van der Waals surface area contributed by atoms with Gasteiger partial charge in [-0.25, -0.2) is 18.4 Å². The summed E-state index contributed by atoms with van der Waals surface area (Å²) in [5.74, 6) is 0.756. The van der Waals surface area contributed by atoms with Crippen molar-refractivity contribution in [2.75, 3.05) is 6.26 Å². The number of hydrogen-bond donors (Lipinski definition) is 0. The van der Waals surface area contributed by atoms with Crippen LogP contribution in [0.5, 0.6) is 0 Å². The van der Waals surface area contributed by atoms with Crippen LogP contribution in [0.3, 0.4) is 0 Å². The van der Waals surface area contributed by atoms with Crippen LogP contribution in [0.1, 0.15) is 11.4 Å². The first-order valence-corrected chi connectivity index (χ1v) is 11.2. The van der Waals surface area contributed by atoms with Crippen LogP contribution in [0.2, 0.25) is 0 Å². The highest BCUT2D eigenvalue weighted by molar-refractivity contribution is 7.99. The average Bonchev–Trinajstić information content (AvgIpc) is 3.01. The van der Waals surface area contributed by atoms with Gasteiger partial charge in [-0.3, -0.25) is 4.57 Å². The fourth-order valence-electron chi connectivity index (χ4n) is 2.91. The lowest BCUT2D eigenvalue weighted by Gasteiger charge is -2.11. The number of para-hydroxylation sites is 1. The monoisotopic (exact) mass is 411 g/mol. The van der Waals surface area contributed by atoms with E-state index in [9.17, 15) is 8.42 Å². The van der Waals surface area contributed by atoms with Crippen LogP contribution in [0.25, 0.3) is 16.6 Å². The smallest absolute Gasteiger partial charge is 0.202 e. The highest BCUT2D eigenvalue weighted by Gasteiger charge is 2.17. The maximum absolute atomic E-state index is 12.0. The Bertz CT molecular complexity index is 1300. The predicted octanol–water partition coefficient (Wildman–Crippen LogP) is 3.38. The van der Waals surface area contributed by atoms with E-state index in [2.05, 4.69) is 20.2 Å². The van der Waals surface area contributed by atoms with Crippen molar-refractivity contribution in [1.29, 1.82) is 0 Å². The van der Waals surface area contributed by atoms with Crippen molar-refractivity contribution in [2.24, 2.45) is 0 Å². The number of hydrogen-bond acceptors (Lipinski definition) is 7. The van der Waals surface area contributed by atoms with Gasteiger partial charge in [0.2, 0.25) is 5.16 Å². The molecule has 2 heterocycles. The van der Waals surface area contributed by atoms with E-state index in [1.165, 1.54) is 24.3 Å². The van der Waals surface area contributed by atoms with Gasteiger partial charge in [0.1, 0.15) is 17.2 Å². The van der Waals surface area contributed by atoms with Crippen LogP contribution in [0, 0.1) is 13.8 Å². The van der Waals surface area contributed by atoms with Gasteiger partial charge >= 0.3 is 0 Å². The minimum atomic E-state index is -3.33. The van der Waals surface area contributed by atoms with Gasteiger partial charge in [-0.15, -0.1) is 10.2 Å². The van der Waals surface area contributed by atoms with Crippen molar-refractivity contribution in [3.8, 4) is 5.69 Å². The Kier molecular flexibility index (Phi) is 4.64. The van der Waals surface area contributed by atoms with Crippen molar-refractivity contribution >= 4 is 32.5 Å². The second-order valence-electron chi connectivity index (χ2n) is 6.38. The fraction of sp³-hybridized carbons (Fsp3) is 0.158. The van der Waals surface area contributed by atoms with Crippen LogP contribution in [0.15, 0.2) is 63.9 Å². The Morgan fingerprint density at radius 3 is 2.54 bits per heavy atom. The van der Waals surface area contributed by atoms with E-state index < -0.39 is 9.84 Å². The molecule has 0 N–H and O–H groups in total. The minimum absolute atomic E-state index is 0.230. The summed E-state index contributed by atoms with van der Waals surface area (Å²) < 4.78 is 25.9. The summed E-state index contributed by atoms with van der Waals surface area (Å²) >= 11 is 1.33. The second kappa shape index (κ2) is 6.99. The van der Waals surface area contributed by atoms with Crippen LogP contribution in [-0.4, -0.2) is 39.4 Å². The molecule has 0 aliphatic heterocycles. The molecule has 0 aliphatic rings. The molecular weight excluding hydrogens is 394 g/mol. The summed E-state index contributed by atoms with van der Waals surface area (Å²) in [5, 5.41) is 10.5. The predicted molar refractivity (Wildman–Crippen MR) is 108 cm³/mol. The maximum atomic E-state index is 12.0. The Labute approximate surface area is 166 Å². The van der Waals surface area contributed by atoms with Gasteiger partial charge in [0, 0.05) is 11.6 Å². The van der Waals surface area contributed by atoms with Gasteiger partial charge in [0.15, 0.2) is 9.84 Å². The molecule has 0 radical (unpaired) electrons. The zero-order valence-electron chi connectivity index (χ0n) is 15.5. The molecule has 0 saturated heterocycles. The topological polar surface area (TPSA) is 90.6 Å². The third-order valence-corrected chi connectivity index (χ3v) is 6.41. The average molecular weight is 412 g/mol. The van der Waals surface area contributed by atoms with Crippen LogP contribution in [0.4, 0.5) is 0 Å². The number of fused-ring (bicyclic) bond motifs is 1. The minimum Gasteiger partial charge on any atom is -0.274 e. The number of benzene rings is 2. The molecule has 0 spiro atoms. The standard InChI is InChI=1S/C19H17N5O2S2/c1-12-6-4-5-7-17(12)24-13(2)22-23-19(24)27-18-15-10-14(28(3,25)26)8-9-16(15)20-11-21-18/h4-11H,1-3H3. The van der Waals surface area contributed by atoms with E-state index in [4.69, 9.17) is 0 Å². The van der Waals surface area contributed by atoms with Crippen molar-refractivity contribution in [1.82, 2.24) is 24.7 Å². The first kappa shape index (κ1) is 18.6. The van der Waals surface area contributed by atoms with E-state index in [1.54, 1.807) is 18.2 Å². The molecule has 0 saturated carbocycles. The number of aryl methyl sites for hydroxylation is 2. The summed E-state index contributed by atoms with van der Waals surface area (Å²) in [5.41, 5.74) is 2.76. The SMILES string of the molecule is Cc1ccccc1-n1c(C)nnc1Sc1ncnc2ccc(S(C)(=O)=O)cc12. The van der Waals surface area contributed by atoms with E-state index in [-0.39, 0.29) is 4.90 Å². The zero-order valence-corrected chi connectivity index (χ0v) is 17.1. The first-order valence-electron chi connectivity index (χ1n) is 8.45. The van der Waals surface area contributed by atoms with Gasteiger partial charge < -0.3 is 0 Å². The Balaban J connectivity index is 1.85. The first-order chi connectivity index (χ1) is 13.3. The summed E-state index contributed by atoms with van der Waals surface area (Å²) in [7, 11) is -3.33. The second-order valence-corrected chi connectivity index (χ2v) is 9.36. The molecule has 0 fully saturated rings. The Morgan fingerprint density at radius 1 is 1.00 bits per heavy atom. The summed E-state index contributed by atoms with van der Waals surface area (Å²) in [6.45, 7) is 3.92. The molecule has 0 amide bonds. The third-order valence-electron chi connectivity index (χ3n) is 4.34. The van der Waals surface area contributed by atoms with E-state index >= 15 is 0 Å². The van der Waals surface area contributed by atoms with Gasteiger partial charge in [-0.1, -0.05) is 18.2 Å². The highest BCUT2D eigenvalue weighted by Crippen LogP contribution is 2.33. The number of nitrogens with zero attached hydrogens (tertiary/aromatic N) is 5. The van der Waals surface area contributed by atoms with Gasteiger partial charge in [0.25, 0.3) is 0 Å². The summed E-state index contributed by atoms with van der Waals surface area (Å²) in [6, 6.07) is 12.8. The lowest BCUT2D eigenvalue weighted by molar-refractivity contribution is 0.602. The van der Waals surface area contributed by atoms with Gasteiger partial charge in [-0.2, -0.15) is 0 Å². The van der Waals surface area contributed by atoms with E-state index in [0.717, 1.165) is 17.1 Å². The Hall–Kier alpha value is -2.78. The molecule has 4 aromatic rings. The molecule has 7 nitrogen and oxygen atoms in total. The maximum Gasteiger partial charge on any atom is 0.202 e. The molecule has 142 valence electrons. The quantitative estimate of drug-likeness (QED) is 0.475. The largest absolute Gasteiger partial charge is 0.274 e. The van der Waals surface area contributed by atoms with Gasteiger partial charge in [-0.05, 0) is 55.4 Å². The van der Waals surface area contributed by atoms with Gasteiger partial charge in [0.05, 0.1) is 16.1 Å². The van der Waals surface area contributed by atoms with Crippen molar-refractivity contribution in [3.05, 3.63) is 60.2 Å². The molecule has 2 aromatic heterocycles. The van der Waals surface area contributed by atoms with Crippen molar-refractivity contribution < 1.29 is 8.42 Å². The van der Waals surface area contributed by atoms with Crippen LogP contribution < -0.4 is 0 Å². The number of aromatic nitrogens is 5. The van der Waals surface area contributed by atoms with E-state index in [0.29, 0.717) is 21.1 Å². The molecule has 0 bridgehead atoms.